The van der Waals surface area contributed by atoms with E-state index in [1.807, 2.05) is 0 Å². The molecule has 7 heteroatoms. The van der Waals surface area contributed by atoms with Gasteiger partial charge in [-0.25, -0.2) is 8.78 Å². The lowest BCUT2D eigenvalue weighted by Gasteiger charge is -2.15. The van der Waals surface area contributed by atoms with Gasteiger partial charge < -0.3 is 15.4 Å². The first-order chi connectivity index (χ1) is 10.2. The number of rotatable bonds is 5. The van der Waals surface area contributed by atoms with Gasteiger partial charge in [0, 0.05) is 32.3 Å². The molecule has 1 aliphatic rings. The molecule has 0 aromatic heterocycles. The van der Waals surface area contributed by atoms with Crippen molar-refractivity contribution in [3.63, 3.8) is 0 Å². The van der Waals surface area contributed by atoms with Gasteiger partial charge in [0.2, 0.25) is 0 Å². The Hall–Kier alpha value is -0.960. The van der Waals surface area contributed by atoms with Gasteiger partial charge >= 0.3 is 0 Å². The van der Waals surface area contributed by atoms with Crippen LogP contribution in [0.15, 0.2) is 23.2 Å². The van der Waals surface area contributed by atoms with E-state index >= 15 is 0 Å². The smallest absolute Gasteiger partial charge is 0.191 e. The summed E-state index contributed by atoms with van der Waals surface area (Å²) in [7, 11) is 1.66. The van der Waals surface area contributed by atoms with Crippen molar-refractivity contribution in [1.29, 1.82) is 0 Å². The van der Waals surface area contributed by atoms with Crippen molar-refractivity contribution >= 4 is 29.9 Å². The Kier molecular flexibility index (Phi) is 8.62. The average molecular weight is 425 g/mol. The summed E-state index contributed by atoms with van der Waals surface area (Å²) in [6.45, 7) is 1.90. The van der Waals surface area contributed by atoms with E-state index < -0.39 is 11.6 Å². The number of hydrogen-bond donors (Lipinski definition) is 2. The van der Waals surface area contributed by atoms with Crippen molar-refractivity contribution < 1.29 is 13.5 Å². The van der Waals surface area contributed by atoms with Crippen molar-refractivity contribution in [2.45, 2.75) is 25.4 Å². The van der Waals surface area contributed by atoms with Crippen molar-refractivity contribution in [3.8, 4) is 0 Å². The van der Waals surface area contributed by atoms with Crippen LogP contribution in [0.1, 0.15) is 18.4 Å². The first kappa shape index (κ1) is 19.1. The third-order valence-electron chi connectivity index (χ3n) is 3.47. The molecule has 0 saturated carbocycles. The first-order valence-electron chi connectivity index (χ1n) is 7.19. The quantitative estimate of drug-likeness (QED) is 0.433. The topological polar surface area (TPSA) is 45.7 Å². The molecule has 2 rings (SSSR count). The zero-order valence-electron chi connectivity index (χ0n) is 12.6. The maximum atomic E-state index is 13.5. The molecule has 1 aliphatic heterocycles. The van der Waals surface area contributed by atoms with E-state index in [2.05, 4.69) is 15.6 Å². The van der Waals surface area contributed by atoms with Gasteiger partial charge in [0.05, 0.1) is 6.10 Å². The van der Waals surface area contributed by atoms with Gasteiger partial charge in [-0.3, -0.25) is 4.99 Å². The molecule has 0 bridgehead atoms. The van der Waals surface area contributed by atoms with E-state index in [1.165, 1.54) is 18.2 Å². The molecule has 124 valence electrons. The number of aliphatic imine (C=N–C) groups is 1. The molecular weight excluding hydrogens is 403 g/mol. The second-order valence-electron chi connectivity index (χ2n) is 4.97. The molecule has 1 saturated heterocycles. The Bertz CT molecular complexity index is 473. The highest BCUT2D eigenvalue weighted by molar-refractivity contribution is 14.0. The van der Waals surface area contributed by atoms with Gasteiger partial charge in [-0.2, -0.15) is 0 Å². The molecule has 1 atom stereocenters. The lowest BCUT2D eigenvalue weighted by atomic mass is 10.1. The summed E-state index contributed by atoms with van der Waals surface area (Å²) in [5.74, 6) is -0.416. The molecule has 22 heavy (non-hydrogen) atoms. The molecule has 0 aliphatic carbocycles. The number of nitrogens with one attached hydrogen (secondary N) is 2. The number of halogens is 3. The van der Waals surface area contributed by atoms with Crippen molar-refractivity contribution in [2.24, 2.45) is 4.99 Å². The van der Waals surface area contributed by atoms with E-state index in [9.17, 15) is 8.78 Å². The standard InChI is InChI=1S/C15H21F2N3O.HI/c1-18-15(20-10-11-4-3-9-21-11)19-8-7-12-13(16)5-2-6-14(12)17;/h2,5-6,11H,3-4,7-10H2,1H3,(H2,18,19,20);1H. The minimum absolute atomic E-state index is 0. The number of nitrogens with zero attached hydrogens (tertiary/aromatic N) is 1. The fraction of sp³-hybridized carbons (Fsp3) is 0.533. The van der Waals surface area contributed by atoms with E-state index in [4.69, 9.17) is 4.74 Å². The van der Waals surface area contributed by atoms with Gasteiger partial charge in [0.15, 0.2) is 5.96 Å². The average Bonchev–Trinajstić information content (AvgIpc) is 2.98. The summed E-state index contributed by atoms with van der Waals surface area (Å²) >= 11 is 0. The highest BCUT2D eigenvalue weighted by atomic mass is 127. The zero-order chi connectivity index (χ0) is 15.1. The van der Waals surface area contributed by atoms with Crippen LogP contribution in [0.4, 0.5) is 8.78 Å². The molecule has 1 heterocycles. The van der Waals surface area contributed by atoms with Crippen molar-refractivity contribution in [2.75, 3.05) is 26.7 Å². The Morgan fingerprint density at radius 2 is 2.05 bits per heavy atom. The van der Waals surface area contributed by atoms with Crippen LogP contribution in [0, 0.1) is 11.6 Å². The fourth-order valence-electron chi connectivity index (χ4n) is 2.31. The maximum absolute atomic E-state index is 13.5. The molecule has 1 unspecified atom stereocenters. The molecule has 0 amide bonds. The Morgan fingerprint density at radius 1 is 1.32 bits per heavy atom. The Morgan fingerprint density at radius 3 is 2.64 bits per heavy atom. The Labute approximate surface area is 146 Å². The Balaban J connectivity index is 0.00000242. The largest absolute Gasteiger partial charge is 0.376 e. The van der Waals surface area contributed by atoms with Gasteiger partial charge in [-0.05, 0) is 31.4 Å². The van der Waals surface area contributed by atoms with Crippen LogP contribution in [-0.2, 0) is 11.2 Å². The fourth-order valence-corrected chi connectivity index (χ4v) is 2.31. The van der Waals surface area contributed by atoms with Crippen LogP contribution in [0.2, 0.25) is 0 Å². The van der Waals surface area contributed by atoms with Crippen LogP contribution in [0.25, 0.3) is 0 Å². The minimum atomic E-state index is -0.515. The van der Waals surface area contributed by atoms with Gasteiger partial charge in [0.25, 0.3) is 0 Å². The lowest BCUT2D eigenvalue weighted by Crippen LogP contribution is -2.41. The molecule has 1 aromatic carbocycles. The van der Waals surface area contributed by atoms with Gasteiger partial charge in [0.1, 0.15) is 11.6 Å². The highest BCUT2D eigenvalue weighted by Gasteiger charge is 2.15. The second kappa shape index (κ2) is 9.94. The third-order valence-corrected chi connectivity index (χ3v) is 3.47. The van der Waals surface area contributed by atoms with Gasteiger partial charge in [-0.1, -0.05) is 6.07 Å². The number of hydrogen-bond acceptors (Lipinski definition) is 2. The van der Waals surface area contributed by atoms with E-state index in [1.54, 1.807) is 7.05 Å². The summed E-state index contributed by atoms with van der Waals surface area (Å²) in [6, 6.07) is 3.90. The SMILES string of the molecule is CN=C(NCCc1c(F)cccc1F)NCC1CCCO1.I. The maximum Gasteiger partial charge on any atom is 0.191 e. The molecule has 0 spiro atoms. The molecule has 2 N–H and O–H groups in total. The van der Waals surface area contributed by atoms with E-state index in [0.717, 1.165) is 19.4 Å². The molecule has 4 nitrogen and oxygen atoms in total. The number of ether oxygens (including phenoxy) is 1. The van der Waals surface area contributed by atoms with Crippen LogP contribution in [0.5, 0.6) is 0 Å². The van der Waals surface area contributed by atoms with Crippen LogP contribution in [-0.4, -0.2) is 38.8 Å². The first-order valence-corrected chi connectivity index (χ1v) is 7.19. The molecule has 1 aromatic rings. The van der Waals surface area contributed by atoms with Gasteiger partial charge in [-0.15, -0.1) is 24.0 Å². The predicted octanol–water partition coefficient (Wildman–Crippen LogP) is 2.47. The zero-order valence-corrected chi connectivity index (χ0v) is 14.9. The molecule has 0 radical (unpaired) electrons. The van der Waals surface area contributed by atoms with E-state index in [-0.39, 0.29) is 42.1 Å². The van der Waals surface area contributed by atoms with Crippen molar-refractivity contribution in [3.05, 3.63) is 35.4 Å². The van der Waals surface area contributed by atoms with Crippen LogP contribution >= 0.6 is 24.0 Å². The lowest BCUT2D eigenvalue weighted by molar-refractivity contribution is 0.114. The summed E-state index contributed by atoms with van der Waals surface area (Å²) in [4.78, 5) is 4.08. The van der Waals surface area contributed by atoms with Crippen molar-refractivity contribution in [1.82, 2.24) is 10.6 Å². The number of guanidine groups is 1. The van der Waals surface area contributed by atoms with E-state index in [0.29, 0.717) is 19.0 Å². The highest BCUT2D eigenvalue weighted by Crippen LogP contribution is 2.12. The third kappa shape index (κ3) is 5.68. The summed E-state index contributed by atoms with van der Waals surface area (Å²) in [6.07, 6.45) is 2.61. The summed E-state index contributed by atoms with van der Waals surface area (Å²) < 4.78 is 32.5. The normalized spacial score (nSPS) is 18.0. The number of benzene rings is 1. The summed E-state index contributed by atoms with van der Waals surface area (Å²) in [5, 5.41) is 6.20. The minimum Gasteiger partial charge on any atom is -0.376 e. The molecule has 1 fully saturated rings. The monoisotopic (exact) mass is 425 g/mol. The molecular formula is C15H22F2IN3O. The summed E-state index contributed by atoms with van der Waals surface area (Å²) in [5.41, 5.74) is 0.0968. The second-order valence-corrected chi connectivity index (χ2v) is 4.97. The predicted molar refractivity (Wildman–Crippen MR) is 93.8 cm³/mol. The van der Waals surface area contributed by atoms with Crippen LogP contribution in [0.3, 0.4) is 0 Å². The van der Waals surface area contributed by atoms with Crippen LogP contribution < -0.4 is 10.6 Å².